The molecule has 31 heavy (non-hydrogen) atoms. The number of ether oxygens (including phenoxy) is 2. The summed E-state index contributed by atoms with van der Waals surface area (Å²) in [5, 5.41) is 34.5. The number of hydrogen-bond donors (Lipinski definition) is 3. The largest absolute Gasteiger partial charge is 0.383 e. The van der Waals surface area contributed by atoms with Crippen molar-refractivity contribution < 1.29 is 24.8 Å². The molecule has 0 saturated carbocycles. The zero-order valence-corrected chi connectivity index (χ0v) is 17.3. The van der Waals surface area contributed by atoms with E-state index in [1.54, 1.807) is 0 Å². The van der Waals surface area contributed by atoms with Crippen LogP contribution in [0.2, 0.25) is 0 Å². The summed E-state index contributed by atoms with van der Waals surface area (Å²) in [6, 6.07) is 28.3. The van der Waals surface area contributed by atoms with Gasteiger partial charge in [0.2, 0.25) is 0 Å². The molecule has 1 fully saturated rings. The molecule has 3 aromatic rings. The van der Waals surface area contributed by atoms with Gasteiger partial charge in [0.1, 0.15) is 11.7 Å². The van der Waals surface area contributed by atoms with Crippen molar-refractivity contribution in [3.8, 4) is 0 Å². The fraction of sp³-hybridized carbons (Fsp3) is 0.308. The molecule has 0 aromatic heterocycles. The highest BCUT2D eigenvalue weighted by Crippen LogP contribution is 2.41. The average molecular weight is 421 g/mol. The van der Waals surface area contributed by atoms with Crippen molar-refractivity contribution in [2.75, 3.05) is 6.61 Å². The highest BCUT2D eigenvalue weighted by Gasteiger charge is 2.62. The number of hydrogen-bond acceptors (Lipinski definition) is 5. The minimum absolute atomic E-state index is 0.0174. The summed E-state index contributed by atoms with van der Waals surface area (Å²) in [6.45, 7) is 0.220. The zero-order valence-electron chi connectivity index (χ0n) is 17.3. The lowest BCUT2D eigenvalue weighted by molar-refractivity contribution is -0.347. The van der Waals surface area contributed by atoms with Gasteiger partial charge in [-0.05, 0) is 16.7 Å². The molecule has 0 bridgehead atoms. The van der Waals surface area contributed by atoms with Gasteiger partial charge in [0.25, 0.3) is 0 Å². The van der Waals surface area contributed by atoms with Crippen LogP contribution in [0.3, 0.4) is 0 Å². The van der Waals surface area contributed by atoms with Crippen molar-refractivity contribution >= 4 is 0 Å². The molecule has 0 spiro atoms. The molecule has 4 atom stereocenters. The molecule has 3 N–H and O–H groups in total. The van der Waals surface area contributed by atoms with E-state index in [2.05, 4.69) is 0 Å². The lowest BCUT2D eigenvalue weighted by Crippen LogP contribution is -2.73. The molecular formula is C26H28O5. The maximum Gasteiger partial charge on any atom is 0.187 e. The monoisotopic (exact) mass is 420 g/mol. The van der Waals surface area contributed by atoms with E-state index in [0.717, 1.165) is 16.7 Å². The summed E-state index contributed by atoms with van der Waals surface area (Å²) >= 11 is 0. The normalized spacial score (nSPS) is 28.4. The van der Waals surface area contributed by atoms with Crippen molar-refractivity contribution in [2.45, 2.75) is 43.0 Å². The Morgan fingerprint density at radius 3 is 1.68 bits per heavy atom. The van der Waals surface area contributed by atoms with Crippen LogP contribution in [-0.2, 0) is 28.9 Å². The van der Waals surface area contributed by atoms with E-state index in [4.69, 9.17) is 9.47 Å². The third-order valence-electron chi connectivity index (χ3n) is 6.02. The van der Waals surface area contributed by atoms with Crippen LogP contribution in [0.15, 0.2) is 91.0 Å². The van der Waals surface area contributed by atoms with Crippen LogP contribution < -0.4 is 0 Å². The Morgan fingerprint density at radius 1 is 0.710 bits per heavy atom. The highest BCUT2D eigenvalue weighted by molar-refractivity contribution is 5.26. The summed E-state index contributed by atoms with van der Waals surface area (Å²) in [5.41, 5.74) is -1.19. The van der Waals surface area contributed by atoms with Crippen LogP contribution >= 0.6 is 0 Å². The third kappa shape index (κ3) is 4.56. The fourth-order valence-corrected chi connectivity index (χ4v) is 4.23. The molecule has 1 saturated heterocycles. The average Bonchev–Trinajstić information content (AvgIpc) is 2.80. The van der Waals surface area contributed by atoms with E-state index in [1.807, 2.05) is 91.0 Å². The van der Waals surface area contributed by atoms with E-state index in [9.17, 15) is 15.3 Å². The number of aliphatic hydroxyl groups excluding tert-OH is 1. The Labute approximate surface area is 182 Å². The summed E-state index contributed by atoms with van der Waals surface area (Å²) in [5.74, 6) is 0. The fourth-order valence-electron chi connectivity index (χ4n) is 4.23. The molecule has 162 valence electrons. The second-order valence-electron chi connectivity index (χ2n) is 8.14. The van der Waals surface area contributed by atoms with Gasteiger partial charge in [-0.15, -0.1) is 0 Å². The van der Waals surface area contributed by atoms with Gasteiger partial charge in [-0.3, -0.25) is 0 Å². The summed E-state index contributed by atoms with van der Waals surface area (Å²) in [4.78, 5) is 0. The lowest BCUT2D eigenvalue weighted by Gasteiger charge is -2.53. The van der Waals surface area contributed by atoms with Crippen LogP contribution in [-0.4, -0.2) is 45.5 Å². The van der Waals surface area contributed by atoms with Gasteiger partial charge in [0, 0.05) is 12.8 Å². The van der Waals surface area contributed by atoms with Crippen molar-refractivity contribution in [3.63, 3.8) is 0 Å². The molecule has 1 aliphatic rings. The van der Waals surface area contributed by atoms with Crippen LogP contribution in [0.1, 0.15) is 16.7 Å². The Hall–Kier alpha value is -2.54. The van der Waals surface area contributed by atoms with Crippen molar-refractivity contribution in [2.24, 2.45) is 0 Å². The number of aliphatic hydroxyl groups is 3. The van der Waals surface area contributed by atoms with E-state index in [1.165, 1.54) is 0 Å². The van der Waals surface area contributed by atoms with Crippen LogP contribution in [0.25, 0.3) is 0 Å². The van der Waals surface area contributed by atoms with Gasteiger partial charge in [-0.2, -0.15) is 0 Å². The van der Waals surface area contributed by atoms with Crippen molar-refractivity contribution in [1.82, 2.24) is 0 Å². The van der Waals surface area contributed by atoms with E-state index in [-0.39, 0.29) is 26.1 Å². The van der Waals surface area contributed by atoms with Crippen LogP contribution in [0.5, 0.6) is 0 Å². The van der Waals surface area contributed by atoms with Gasteiger partial charge in [-0.25, -0.2) is 0 Å². The Morgan fingerprint density at radius 2 is 1.16 bits per heavy atom. The first-order valence-corrected chi connectivity index (χ1v) is 10.5. The van der Waals surface area contributed by atoms with Gasteiger partial charge >= 0.3 is 0 Å². The quantitative estimate of drug-likeness (QED) is 0.548. The lowest BCUT2D eigenvalue weighted by atomic mass is 9.69. The molecule has 1 unspecified atom stereocenters. The molecule has 0 aliphatic carbocycles. The van der Waals surface area contributed by atoms with Gasteiger partial charge in [-0.1, -0.05) is 91.0 Å². The van der Waals surface area contributed by atoms with E-state index in [0.29, 0.717) is 0 Å². The first kappa shape index (κ1) is 21.7. The van der Waals surface area contributed by atoms with Crippen LogP contribution in [0.4, 0.5) is 0 Å². The molecular weight excluding hydrogens is 392 g/mol. The highest BCUT2D eigenvalue weighted by atomic mass is 16.6. The minimum atomic E-state index is -1.97. The maximum atomic E-state index is 12.0. The molecule has 5 heteroatoms. The SMILES string of the molecule is OC1OC[C@@H](OCc2ccccc2)[C@@](O)(Cc2ccccc2)[C@]1(O)Cc1ccccc1. The second-order valence-corrected chi connectivity index (χ2v) is 8.14. The Balaban J connectivity index is 1.67. The first-order valence-electron chi connectivity index (χ1n) is 10.5. The summed E-state index contributed by atoms with van der Waals surface area (Å²) < 4.78 is 11.6. The maximum absolute atomic E-state index is 12.0. The number of benzene rings is 3. The van der Waals surface area contributed by atoms with E-state index >= 15 is 0 Å². The topological polar surface area (TPSA) is 79.2 Å². The zero-order chi connectivity index (χ0) is 21.7. The predicted octanol–water partition coefficient (Wildman–Crippen LogP) is 2.87. The molecule has 3 aromatic carbocycles. The van der Waals surface area contributed by atoms with Gasteiger partial charge in [0.15, 0.2) is 11.9 Å². The summed E-state index contributed by atoms with van der Waals surface area (Å²) in [6.07, 6.45) is -2.27. The second kappa shape index (κ2) is 9.30. The molecule has 4 rings (SSSR count). The van der Waals surface area contributed by atoms with Gasteiger partial charge < -0.3 is 24.8 Å². The molecule has 1 aliphatic heterocycles. The summed E-state index contributed by atoms with van der Waals surface area (Å²) in [7, 11) is 0. The molecule has 1 heterocycles. The van der Waals surface area contributed by atoms with Gasteiger partial charge in [0.05, 0.1) is 13.2 Å². The predicted molar refractivity (Wildman–Crippen MR) is 117 cm³/mol. The Bertz CT molecular complexity index is 949. The molecule has 5 nitrogen and oxygen atoms in total. The van der Waals surface area contributed by atoms with Crippen molar-refractivity contribution in [3.05, 3.63) is 108 Å². The minimum Gasteiger partial charge on any atom is -0.383 e. The molecule has 0 amide bonds. The molecule has 0 radical (unpaired) electrons. The standard InChI is InChI=1S/C26H28O5/c27-24-26(29,17-21-12-6-2-7-13-21)25(28,16-20-10-4-1-5-11-20)23(19-31-24)30-18-22-14-8-3-9-15-22/h1-15,23-24,27-29H,16-19H2/t23-,24?,25+,26+/m1/s1. The Kier molecular flexibility index (Phi) is 6.51. The smallest absolute Gasteiger partial charge is 0.187 e. The first-order chi connectivity index (χ1) is 15.0. The van der Waals surface area contributed by atoms with E-state index < -0.39 is 23.6 Å². The third-order valence-corrected chi connectivity index (χ3v) is 6.02. The van der Waals surface area contributed by atoms with Crippen LogP contribution in [0, 0.1) is 0 Å². The van der Waals surface area contributed by atoms with Crippen molar-refractivity contribution in [1.29, 1.82) is 0 Å². The number of rotatable bonds is 7.